The fourth-order valence-electron chi connectivity index (χ4n) is 2.50. The standard InChI is InChI=1S/C12H22N4O3S/c1-9-4-5-16(8-11(9)19-3)20(17,18)12-10(6-13-2)7-14-15-12/h7,9,11,13H,4-6,8H2,1-3H3,(H,14,15). The SMILES string of the molecule is CNCc1cn[nH]c1S(=O)(=O)N1CCC(C)C(OC)C1. The summed E-state index contributed by atoms with van der Waals surface area (Å²) in [4.78, 5) is 0. The molecule has 0 amide bonds. The number of piperidine rings is 1. The summed E-state index contributed by atoms with van der Waals surface area (Å²) in [6.45, 7) is 3.45. The molecule has 0 bridgehead atoms. The fraction of sp³-hybridized carbons (Fsp3) is 0.750. The average molecular weight is 302 g/mol. The Morgan fingerprint density at radius 1 is 1.60 bits per heavy atom. The van der Waals surface area contributed by atoms with Crippen molar-refractivity contribution in [2.75, 3.05) is 27.2 Å². The number of aromatic amines is 1. The van der Waals surface area contributed by atoms with Gasteiger partial charge in [-0.25, -0.2) is 8.42 Å². The maximum Gasteiger partial charge on any atom is 0.260 e. The number of methoxy groups -OCH3 is 1. The first kappa shape index (κ1) is 15.4. The normalized spacial score (nSPS) is 24.9. The first-order valence-electron chi connectivity index (χ1n) is 6.70. The Balaban J connectivity index is 2.24. The molecular weight excluding hydrogens is 280 g/mol. The minimum atomic E-state index is -3.54. The van der Waals surface area contributed by atoms with Gasteiger partial charge in [0.2, 0.25) is 0 Å². The molecule has 8 heteroatoms. The number of ether oxygens (including phenoxy) is 1. The number of rotatable bonds is 5. The minimum Gasteiger partial charge on any atom is -0.380 e. The highest BCUT2D eigenvalue weighted by Crippen LogP contribution is 2.25. The molecule has 0 radical (unpaired) electrons. The van der Waals surface area contributed by atoms with Gasteiger partial charge in [-0.3, -0.25) is 5.10 Å². The number of hydrogen-bond acceptors (Lipinski definition) is 5. The van der Waals surface area contributed by atoms with Gasteiger partial charge in [0.15, 0.2) is 5.03 Å². The second-order valence-electron chi connectivity index (χ2n) is 5.16. The van der Waals surface area contributed by atoms with Crippen molar-refractivity contribution < 1.29 is 13.2 Å². The Bertz CT molecular complexity index is 543. The molecule has 7 nitrogen and oxygen atoms in total. The van der Waals surface area contributed by atoms with E-state index in [0.29, 0.717) is 31.1 Å². The summed E-state index contributed by atoms with van der Waals surface area (Å²) in [6, 6.07) is 0. The molecule has 1 saturated heterocycles. The third-order valence-electron chi connectivity index (χ3n) is 3.80. The van der Waals surface area contributed by atoms with Crippen LogP contribution in [0.3, 0.4) is 0 Å². The van der Waals surface area contributed by atoms with Crippen LogP contribution in [0.5, 0.6) is 0 Å². The maximum absolute atomic E-state index is 12.7. The van der Waals surface area contributed by atoms with E-state index < -0.39 is 10.0 Å². The molecule has 2 unspecified atom stereocenters. The molecule has 1 aliphatic rings. The van der Waals surface area contributed by atoms with Crippen LogP contribution in [-0.2, 0) is 21.3 Å². The number of aromatic nitrogens is 2. The van der Waals surface area contributed by atoms with Crippen molar-refractivity contribution in [3.8, 4) is 0 Å². The Labute approximate surface area is 119 Å². The molecule has 2 heterocycles. The number of nitrogens with one attached hydrogen (secondary N) is 2. The number of hydrogen-bond donors (Lipinski definition) is 2. The molecule has 0 saturated carbocycles. The van der Waals surface area contributed by atoms with E-state index >= 15 is 0 Å². The van der Waals surface area contributed by atoms with Crippen LogP contribution < -0.4 is 5.32 Å². The van der Waals surface area contributed by atoms with Crippen molar-refractivity contribution in [2.45, 2.75) is 31.0 Å². The summed E-state index contributed by atoms with van der Waals surface area (Å²) in [6.07, 6.45) is 2.28. The van der Waals surface area contributed by atoms with Crippen LogP contribution in [0.1, 0.15) is 18.9 Å². The topological polar surface area (TPSA) is 87.3 Å². The summed E-state index contributed by atoms with van der Waals surface area (Å²) in [7, 11) is -0.147. The van der Waals surface area contributed by atoms with Gasteiger partial charge in [-0.05, 0) is 19.4 Å². The second-order valence-corrected chi connectivity index (χ2v) is 7.03. The van der Waals surface area contributed by atoms with Gasteiger partial charge in [-0.1, -0.05) is 6.92 Å². The molecule has 1 aliphatic heterocycles. The van der Waals surface area contributed by atoms with E-state index in [2.05, 4.69) is 22.4 Å². The van der Waals surface area contributed by atoms with Crippen molar-refractivity contribution in [2.24, 2.45) is 5.92 Å². The lowest BCUT2D eigenvalue weighted by Crippen LogP contribution is -2.46. The molecule has 0 aliphatic carbocycles. The third-order valence-corrected chi connectivity index (χ3v) is 5.68. The van der Waals surface area contributed by atoms with Crippen molar-refractivity contribution >= 4 is 10.0 Å². The van der Waals surface area contributed by atoms with E-state index in [4.69, 9.17) is 4.74 Å². The van der Waals surface area contributed by atoms with Crippen LogP contribution in [0.15, 0.2) is 11.2 Å². The lowest BCUT2D eigenvalue weighted by atomic mass is 9.97. The molecule has 20 heavy (non-hydrogen) atoms. The van der Waals surface area contributed by atoms with Gasteiger partial charge in [0, 0.05) is 32.3 Å². The zero-order valence-corrected chi connectivity index (χ0v) is 12.9. The van der Waals surface area contributed by atoms with E-state index in [1.165, 1.54) is 4.31 Å². The predicted molar refractivity (Wildman–Crippen MR) is 74.7 cm³/mol. The van der Waals surface area contributed by atoms with E-state index in [1.54, 1.807) is 20.4 Å². The Hall–Kier alpha value is -0.960. The van der Waals surface area contributed by atoms with Crippen LogP contribution in [0, 0.1) is 5.92 Å². The molecule has 1 aromatic rings. The zero-order chi connectivity index (χ0) is 14.8. The van der Waals surface area contributed by atoms with Crippen LogP contribution in [0.2, 0.25) is 0 Å². The monoisotopic (exact) mass is 302 g/mol. The van der Waals surface area contributed by atoms with Crippen molar-refractivity contribution in [3.05, 3.63) is 11.8 Å². The Morgan fingerprint density at radius 2 is 2.35 bits per heavy atom. The molecule has 2 atom stereocenters. The van der Waals surface area contributed by atoms with Crippen molar-refractivity contribution in [1.29, 1.82) is 0 Å². The summed E-state index contributed by atoms with van der Waals surface area (Å²) in [5, 5.41) is 9.59. The number of nitrogens with zero attached hydrogens (tertiary/aromatic N) is 2. The van der Waals surface area contributed by atoms with E-state index in [0.717, 1.165) is 6.42 Å². The van der Waals surface area contributed by atoms with Gasteiger partial charge in [0.25, 0.3) is 10.0 Å². The average Bonchev–Trinajstić information content (AvgIpc) is 2.88. The van der Waals surface area contributed by atoms with Crippen LogP contribution in [-0.4, -0.2) is 56.3 Å². The van der Waals surface area contributed by atoms with Gasteiger partial charge < -0.3 is 10.1 Å². The highest BCUT2D eigenvalue weighted by Gasteiger charge is 2.35. The highest BCUT2D eigenvalue weighted by atomic mass is 32.2. The van der Waals surface area contributed by atoms with Gasteiger partial charge >= 0.3 is 0 Å². The quantitative estimate of drug-likeness (QED) is 0.810. The molecule has 2 N–H and O–H groups in total. The summed E-state index contributed by atoms with van der Waals surface area (Å²) >= 11 is 0. The predicted octanol–water partition coefficient (Wildman–Crippen LogP) is 0.175. The van der Waals surface area contributed by atoms with Gasteiger partial charge in [-0.2, -0.15) is 9.40 Å². The number of H-pyrrole nitrogens is 1. The Kier molecular flexibility index (Phi) is 4.79. The molecular formula is C12H22N4O3S. The third kappa shape index (κ3) is 2.88. The van der Waals surface area contributed by atoms with Gasteiger partial charge in [0.05, 0.1) is 12.3 Å². The molecule has 114 valence electrons. The molecule has 1 aromatic heterocycles. The Morgan fingerprint density at radius 3 is 3.00 bits per heavy atom. The van der Waals surface area contributed by atoms with Crippen molar-refractivity contribution in [1.82, 2.24) is 19.8 Å². The number of sulfonamides is 1. The first-order chi connectivity index (χ1) is 9.50. The van der Waals surface area contributed by atoms with Crippen LogP contribution >= 0.6 is 0 Å². The largest absolute Gasteiger partial charge is 0.380 e. The first-order valence-corrected chi connectivity index (χ1v) is 8.14. The van der Waals surface area contributed by atoms with Gasteiger partial charge in [0.1, 0.15) is 0 Å². The second kappa shape index (κ2) is 6.21. The maximum atomic E-state index is 12.7. The van der Waals surface area contributed by atoms with Crippen LogP contribution in [0.4, 0.5) is 0 Å². The molecule has 1 fully saturated rings. The van der Waals surface area contributed by atoms with E-state index in [1.807, 2.05) is 0 Å². The smallest absolute Gasteiger partial charge is 0.260 e. The van der Waals surface area contributed by atoms with E-state index in [-0.39, 0.29) is 11.1 Å². The summed E-state index contributed by atoms with van der Waals surface area (Å²) in [5.41, 5.74) is 0.653. The van der Waals surface area contributed by atoms with Crippen LogP contribution in [0.25, 0.3) is 0 Å². The summed E-state index contributed by atoms with van der Waals surface area (Å²) < 4.78 is 32.2. The summed E-state index contributed by atoms with van der Waals surface area (Å²) in [5.74, 6) is 0.366. The minimum absolute atomic E-state index is 0.0609. The fourth-order valence-corrected chi connectivity index (χ4v) is 4.07. The molecule has 0 aromatic carbocycles. The highest BCUT2D eigenvalue weighted by molar-refractivity contribution is 7.89. The van der Waals surface area contributed by atoms with E-state index in [9.17, 15) is 8.42 Å². The lowest BCUT2D eigenvalue weighted by molar-refractivity contribution is 0.0183. The van der Waals surface area contributed by atoms with Gasteiger partial charge in [-0.15, -0.1) is 0 Å². The lowest BCUT2D eigenvalue weighted by Gasteiger charge is -2.35. The molecule has 0 spiro atoms. The zero-order valence-electron chi connectivity index (χ0n) is 12.1. The van der Waals surface area contributed by atoms with Crippen molar-refractivity contribution in [3.63, 3.8) is 0 Å². The molecule has 2 rings (SSSR count).